The number of aromatic amines is 1. The molecule has 0 spiro atoms. The Labute approximate surface area is 121 Å². The third kappa shape index (κ3) is 2.91. The number of H-pyrrole nitrogens is 1. The van der Waals surface area contributed by atoms with Crippen molar-refractivity contribution in [3.63, 3.8) is 0 Å². The molecular weight excluding hydrogens is 274 g/mol. The van der Waals surface area contributed by atoms with Gasteiger partial charge in [-0.3, -0.25) is 4.79 Å². The Kier molecular flexibility index (Phi) is 3.43. The fraction of sp³-hybridized carbons (Fsp3) is 0.438. The van der Waals surface area contributed by atoms with E-state index in [0.29, 0.717) is 6.42 Å². The molecule has 3 rings (SSSR count). The van der Waals surface area contributed by atoms with Crippen molar-refractivity contribution >= 4 is 16.8 Å². The number of carbonyl (C=O) groups excluding carboxylic acids is 1. The summed E-state index contributed by atoms with van der Waals surface area (Å²) in [6.45, 7) is 1.90. The number of fused-ring (bicyclic) bond motifs is 1. The minimum absolute atomic E-state index is 0.0778. The molecular formula is C16H18F2N2O. The average Bonchev–Trinajstić information content (AvgIpc) is 2.79. The molecule has 1 aliphatic carbocycles. The molecule has 0 saturated heterocycles. The molecule has 1 aromatic carbocycles. The first kappa shape index (κ1) is 14.0. The first-order valence-electron chi connectivity index (χ1n) is 7.18. The van der Waals surface area contributed by atoms with Crippen LogP contribution in [0.1, 0.15) is 25.3 Å². The minimum Gasteiger partial charge on any atom is -0.361 e. The third-order valence-electron chi connectivity index (χ3n) is 4.05. The standard InChI is InChI=1S/C16H18F2N2O/c1-10(20-15(21)12-7-16(17,18)8-12)6-11-9-19-14-5-3-2-4-13(11)14/h2-5,9-10,12,19H,6-8H2,1H3,(H,20,21). The van der Waals surface area contributed by atoms with Crippen LogP contribution in [0.4, 0.5) is 8.78 Å². The van der Waals surface area contributed by atoms with E-state index in [0.717, 1.165) is 16.5 Å². The summed E-state index contributed by atoms with van der Waals surface area (Å²) in [6, 6.07) is 7.89. The molecule has 0 aliphatic heterocycles. The van der Waals surface area contributed by atoms with Gasteiger partial charge in [-0.2, -0.15) is 0 Å². The zero-order chi connectivity index (χ0) is 15.0. The molecule has 1 heterocycles. The maximum absolute atomic E-state index is 12.8. The first-order valence-corrected chi connectivity index (χ1v) is 7.18. The lowest BCUT2D eigenvalue weighted by Crippen LogP contribution is -2.47. The summed E-state index contributed by atoms with van der Waals surface area (Å²) < 4.78 is 25.6. The minimum atomic E-state index is -2.65. The molecule has 1 fully saturated rings. The number of amides is 1. The predicted molar refractivity (Wildman–Crippen MR) is 77.3 cm³/mol. The van der Waals surface area contributed by atoms with Crippen LogP contribution in [0.2, 0.25) is 0 Å². The molecule has 2 N–H and O–H groups in total. The zero-order valence-corrected chi connectivity index (χ0v) is 11.8. The number of benzene rings is 1. The third-order valence-corrected chi connectivity index (χ3v) is 4.05. The van der Waals surface area contributed by atoms with Crippen molar-refractivity contribution in [3.05, 3.63) is 36.0 Å². The van der Waals surface area contributed by atoms with Gasteiger partial charge in [0.15, 0.2) is 0 Å². The van der Waals surface area contributed by atoms with Gasteiger partial charge >= 0.3 is 0 Å². The van der Waals surface area contributed by atoms with Gasteiger partial charge in [0.05, 0.1) is 0 Å². The average molecular weight is 292 g/mol. The number of para-hydroxylation sites is 1. The number of alkyl halides is 2. The Morgan fingerprint density at radius 3 is 2.86 bits per heavy atom. The van der Waals surface area contributed by atoms with E-state index >= 15 is 0 Å². The summed E-state index contributed by atoms with van der Waals surface area (Å²) in [5, 5.41) is 3.97. The smallest absolute Gasteiger partial charge is 0.249 e. The lowest BCUT2D eigenvalue weighted by atomic mass is 9.80. The fourth-order valence-electron chi connectivity index (χ4n) is 2.89. The maximum atomic E-state index is 12.8. The van der Waals surface area contributed by atoms with Crippen molar-refractivity contribution in [1.29, 1.82) is 0 Å². The van der Waals surface area contributed by atoms with Crippen molar-refractivity contribution in [2.45, 2.75) is 38.2 Å². The molecule has 2 aromatic rings. The summed E-state index contributed by atoms with van der Waals surface area (Å²) in [6.07, 6.45) is 1.97. The monoisotopic (exact) mass is 292 g/mol. The summed E-state index contributed by atoms with van der Waals surface area (Å²) >= 11 is 0. The Balaban J connectivity index is 1.59. The first-order chi connectivity index (χ1) is 9.94. The largest absolute Gasteiger partial charge is 0.361 e. The molecule has 1 unspecified atom stereocenters. The number of nitrogens with one attached hydrogen (secondary N) is 2. The molecule has 0 radical (unpaired) electrons. The second kappa shape index (κ2) is 5.13. The number of halogens is 2. The quantitative estimate of drug-likeness (QED) is 0.892. The second-order valence-corrected chi connectivity index (χ2v) is 5.93. The van der Waals surface area contributed by atoms with Crippen LogP contribution in [-0.4, -0.2) is 22.9 Å². The normalized spacial score (nSPS) is 19.2. The number of rotatable bonds is 4. The van der Waals surface area contributed by atoms with Crippen LogP contribution >= 0.6 is 0 Å². The van der Waals surface area contributed by atoms with E-state index in [2.05, 4.69) is 10.3 Å². The zero-order valence-electron chi connectivity index (χ0n) is 11.8. The lowest BCUT2D eigenvalue weighted by Gasteiger charge is -2.34. The van der Waals surface area contributed by atoms with E-state index < -0.39 is 11.8 Å². The number of hydrogen-bond acceptors (Lipinski definition) is 1. The highest BCUT2D eigenvalue weighted by Gasteiger charge is 2.48. The van der Waals surface area contributed by atoms with Crippen LogP contribution in [0, 0.1) is 5.92 Å². The summed E-state index contributed by atoms with van der Waals surface area (Å²) in [5.74, 6) is -3.44. The van der Waals surface area contributed by atoms with Crippen LogP contribution in [-0.2, 0) is 11.2 Å². The highest BCUT2D eigenvalue weighted by atomic mass is 19.3. The summed E-state index contributed by atoms with van der Waals surface area (Å²) in [7, 11) is 0. The summed E-state index contributed by atoms with van der Waals surface area (Å²) in [4.78, 5) is 15.1. The van der Waals surface area contributed by atoms with Gasteiger partial charge in [-0.15, -0.1) is 0 Å². The Morgan fingerprint density at radius 1 is 1.43 bits per heavy atom. The maximum Gasteiger partial charge on any atom is 0.249 e. The van der Waals surface area contributed by atoms with Crippen LogP contribution in [0.25, 0.3) is 10.9 Å². The molecule has 1 saturated carbocycles. The summed E-state index contributed by atoms with van der Waals surface area (Å²) in [5.41, 5.74) is 2.18. The van der Waals surface area contributed by atoms with Gasteiger partial charge in [0.1, 0.15) is 0 Å². The van der Waals surface area contributed by atoms with Gasteiger partial charge in [0.25, 0.3) is 0 Å². The van der Waals surface area contributed by atoms with E-state index in [-0.39, 0.29) is 24.8 Å². The van der Waals surface area contributed by atoms with Crippen LogP contribution in [0.5, 0.6) is 0 Å². The van der Waals surface area contributed by atoms with E-state index in [4.69, 9.17) is 0 Å². The van der Waals surface area contributed by atoms with Gasteiger partial charge < -0.3 is 10.3 Å². The molecule has 1 aliphatic rings. The highest BCUT2D eigenvalue weighted by Crippen LogP contribution is 2.42. The van der Waals surface area contributed by atoms with Crippen LogP contribution < -0.4 is 5.32 Å². The van der Waals surface area contributed by atoms with E-state index in [1.165, 1.54) is 0 Å². The van der Waals surface area contributed by atoms with Gasteiger partial charge in [0.2, 0.25) is 11.8 Å². The topological polar surface area (TPSA) is 44.9 Å². The molecule has 0 bridgehead atoms. The van der Waals surface area contributed by atoms with Crippen LogP contribution in [0.3, 0.4) is 0 Å². The molecule has 112 valence electrons. The van der Waals surface area contributed by atoms with Crippen molar-refractivity contribution in [2.24, 2.45) is 5.92 Å². The van der Waals surface area contributed by atoms with Crippen molar-refractivity contribution in [3.8, 4) is 0 Å². The van der Waals surface area contributed by atoms with Gasteiger partial charge in [-0.05, 0) is 25.0 Å². The second-order valence-electron chi connectivity index (χ2n) is 5.93. The number of carbonyl (C=O) groups is 1. The van der Waals surface area contributed by atoms with E-state index in [1.54, 1.807) is 0 Å². The van der Waals surface area contributed by atoms with E-state index in [9.17, 15) is 13.6 Å². The fourth-order valence-corrected chi connectivity index (χ4v) is 2.89. The van der Waals surface area contributed by atoms with Crippen molar-refractivity contribution in [1.82, 2.24) is 10.3 Å². The van der Waals surface area contributed by atoms with Crippen LogP contribution in [0.15, 0.2) is 30.5 Å². The molecule has 5 heteroatoms. The highest BCUT2D eigenvalue weighted by molar-refractivity contribution is 5.83. The molecule has 3 nitrogen and oxygen atoms in total. The SMILES string of the molecule is CC(Cc1c[nH]c2ccccc12)NC(=O)C1CC(F)(F)C1. The number of aromatic nitrogens is 1. The molecule has 1 aromatic heterocycles. The van der Waals surface area contributed by atoms with Gasteiger partial charge in [0, 0.05) is 41.9 Å². The van der Waals surface area contributed by atoms with Gasteiger partial charge in [-0.25, -0.2) is 8.78 Å². The van der Waals surface area contributed by atoms with Crippen molar-refractivity contribution in [2.75, 3.05) is 0 Å². The molecule has 1 amide bonds. The Hall–Kier alpha value is -1.91. The van der Waals surface area contributed by atoms with Gasteiger partial charge in [-0.1, -0.05) is 18.2 Å². The Bertz CT molecular complexity index is 657. The molecule has 21 heavy (non-hydrogen) atoms. The number of hydrogen-bond donors (Lipinski definition) is 2. The van der Waals surface area contributed by atoms with E-state index in [1.807, 2.05) is 37.4 Å². The Morgan fingerprint density at radius 2 is 2.14 bits per heavy atom. The molecule has 1 atom stereocenters. The lowest BCUT2D eigenvalue weighted by molar-refractivity contribution is -0.150. The van der Waals surface area contributed by atoms with Crippen molar-refractivity contribution < 1.29 is 13.6 Å². The predicted octanol–water partition coefficient (Wildman–Crippen LogP) is 3.26.